The van der Waals surface area contributed by atoms with E-state index in [1.165, 1.54) is 0 Å². The molecule has 4 heterocycles. The van der Waals surface area contributed by atoms with E-state index in [9.17, 15) is 4.79 Å². The summed E-state index contributed by atoms with van der Waals surface area (Å²) in [5.41, 5.74) is 3.63. The molecule has 0 bridgehead atoms. The summed E-state index contributed by atoms with van der Waals surface area (Å²) >= 11 is 0. The number of aryl methyl sites for hydroxylation is 2. The van der Waals surface area contributed by atoms with Gasteiger partial charge in [0.25, 0.3) is 5.56 Å². The van der Waals surface area contributed by atoms with Crippen LogP contribution in [0.15, 0.2) is 47.7 Å². The summed E-state index contributed by atoms with van der Waals surface area (Å²) in [4.78, 5) is 24.7. The lowest BCUT2D eigenvalue weighted by Gasteiger charge is -2.33. The number of imidazole rings is 1. The topological polar surface area (TPSA) is 67.5 Å². The van der Waals surface area contributed by atoms with Gasteiger partial charge in [-0.15, -0.1) is 0 Å². The second-order valence-corrected chi connectivity index (χ2v) is 7.86. The number of nitrogens with one attached hydrogen (secondary N) is 1. The largest absolute Gasteiger partial charge is 0.369 e. The Morgan fingerprint density at radius 1 is 1.14 bits per heavy atom. The fourth-order valence-electron chi connectivity index (χ4n) is 4.15. The Hall–Kier alpha value is -3.19. The number of benzene rings is 1. The molecule has 0 radical (unpaired) electrons. The van der Waals surface area contributed by atoms with Crippen LogP contribution in [-0.4, -0.2) is 44.6 Å². The van der Waals surface area contributed by atoms with E-state index in [0.717, 1.165) is 47.7 Å². The highest BCUT2D eigenvalue weighted by Crippen LogP contribution is 2.22. The first kappa shape index (κ1) is 17.9. The average molecular weight is 388 g/mol. The van der Waals surface area contributed by atoms with Gasteiger partial charge in [-0.05, 0) is 50.4 Å². The Morgan fingerprint density at radius 3 is 2.83 bits per heavy atom. The van der Waals surface area contributed by atoms with E-state index < -0.39 is 0 Å². The fourth-order valence-corrected chi connectivity index (χ4v) is 4.15. The van der Waals surface area contributed by atoms with Crippen LogP contribution in [0.5, 0.6) is 0 Å². The van der Waals surface area contributed by atoms with Crippen molar-refractivity contribution >= 4 is 22.1 Å². The van der Waals surface area contributed by atoms with Crippen LogP contribution in [-0.2, 0) is 0 Å². The Kier molecular flexibility index (Phi) is 4.13. The SMILES string of the molecule is Cc1cn2cc(-n3ccc4cc(N5CCNC(C)C5)ccc4c3=O)nc(C)c2n1. The summed E-state index contributed by atoms with van der Waals surface area (Å²) in [7, 11) is 0. The zero-order valence-electron chi connectivity index (χ0n) is 16.9. The Morgan fingerprint density at radius 2 is 2.00 bits per heavy atom. The van der Waals surface area contributed by atoms with Gasteiger partial charge in [0.05, 0.1) is 17.6 Å². The normalized spacial score (nSPS) is 17.3. The van der Waals surface area contributed by atoms with Gasteiger partial charge >= 0.3 is 0 Å². The first-order chi connectivity index (χ1) is 14.0. The molecule has 1 unspecified atom stereocenters. The molecular formula is C22H24N6O. The molecule has 1 fully saturated rings. The van der Waals surface area contributed by atoms with Crippen molar-refractivity contribution in [1.82, 2.24) is 24.3 Å². The van der Waals surface area contributed by atoms with E-state index in [1.807, 2.05) is 55.0 Å². The Bertz CT molecular complexity index is 1290. The molecule has 0 saturated carbocycles. The van der Waals surface area contributed by atoms with Crippen molar-refractivity contribution in [2.75, 3.05) is 24.5 Å². The average Bonchev–Trinajstić information content (AvgIpc) is 3.09. The van der Waals surface area contributed by atoms with Gasteiger partial charge in [0.15, 0.2) is 11.5 Å². The Labute approximate surface area is 168 Å². The second-order valence-electron chi connectivity index (χ2n) is 7.86. The molecule has 3 aromatic heterocycles. The summed E-state index contributed by atoms with van der Waals surface area (Å²) < 4.78 is 3.54. The zero-order chi connectivity index (χ0) is 20.1. The predicted molar refractivity (Wildman–Crippen MR) is 115 cm³/mol. The molecule has 5 rings (SSSR count). The number of hydrogen-bond acceptors (Lipinski definition) is 5. The molecule has 29 heavy (non-hydrogen) atoms. The third-order valence-corrected chi connectivity index (χ3v) is 5.58. The maximum absolute atomic E-state index is 13.2. The van der Waals surface area contributed by atoms with Crippen molar-refractivity contribution in [3.8, 4) is 5.82 Å². The van der Waals surface area contributed by atoms with Crippen molar-refractivity contribution in [3.05, 3.63) is 64.6 Å². The number of piperazine rings is 1. The van der Waals surface area contributed by atoms with Crippen molar-refractivity contribution in [1.29, 1.82) is 0 Å². The maximum atomic E-state index is 13.2. The molecule has 1 N–H and O–H groups in total. The third kappa shape index (κ3) is 3.07. The number of nitrogens with zero attached hydrogens (tertiary/aromatic N) is 5. The molecule has 1 aliphatic heterocycles. The van der Waals surface area contributed by atoms with Crippen LogP contribution in [0.25, 0.3) is 22.2 Å². The molecule has 148 valence electrons. The lowest BCUT2D eigenvalue weighted by Crippen LogP contribution is -2.49. The van der Waals surface area contributed by atoms with Crippen molar-refractivity contribution in [2.45, 2.75) is 26.8 Å². The van der Waals surface area contributed by atoms with Gasteiger partial charge in [0, 0.05) is 49.1 Å². The summed E-state index contributed by atoms with van der Waals surface area (Å²) in [5.74, 6) is 0.597. The van der Waals surface area contributed by atoms with Crippen LogP contribution in [0, 0.1) is 13.8 Å². The van der Waals surface area contributed by atoms with Crippen molar-refractivity contribution in [3.63, 3.8) is 0 Å². The first-order valence-electron chi connectivity index (χ1n) is 9.97. The lowest BCUT2D eigenvalue weighted by atomic mass is 10.1. The molecule has 7 heteroatoms. The number of hydrogen-bond donors (Lipinski definition) is 1. The van der Waals surface area contributed by atoms with E-state index in [4.69, 9.17) is 0 Å². The molecule has 0 spiro atoms. The molecular weight excluding hydrogens is 364 g/mol. The van der Waals surface area contributed by atoms with Gasteiger partial charge in [0.2, 0.25) is 0 Å². The number of rotatable bonds is 2. The zero-order valence-corrected chi connectivity index (χ0v) is 16.9. The van der Waals surface area contributed by atoms with Gasteiger partial charge in [-0.3, -0.25) is 9.36 Å². The minimum absolute atomic E-state index is 0.0641. The Balaban J connectivity index is 1.59. The number of pyridine rings is 1. The van der Waals surface area contributed by atoms with Crippen molar-refractivity contribution < 1.29 is 0 Å². The van der Waals surface area contributed by atoms with Gasteiger partial charge in [0.1, 0.15) is 0 Å². The van der Waals surface area contributed by atoms with Crippen LogP contribution in [0.2, 0.25) is 0 Å². The summed E-state index contributed by atoms with van der Waals surface area (Å²) in [6.45, 7) is 8.97. The maximum Gasteiger partial charge on any atom is 0.264 e. The highest BCUT2D eigenvalue weighted by atomic mass is 16.1. The smallest absolute Gasteiger partial charge is 0.264 e. The van der Waals surface area contributed by atoms with Gasteiger partial charge in [-0.2, -0.15) is 0 Å². The molecule has 0 aliphatic carbocycles. The van der Waals surface area contributed by atoms with E-state index in [0.29, 0.717) is 17.2 Å². The number of anilines is 1. The molecule has 1 saturated heterocycles. The minimum atomic E-state index is -0.0641. The predicted octanol–water partition coefficient (Wildman–Crippen LogP) is 2.45. The highest BCUT2D eigenvalue weighted by Gasteiger charge is 2.17. The van der Waals surface area contributed by atoms with Crippen molar-refractivity contribution in [2.24, 2.45) is 0 Å². The monoisotopic (exact) mass is 388 g/mol. The molecule has 1 aromatic carbocycles. The van der Waals surface area contributed by atoms with Gasteiger partial charge < -0.3 is 14.6 Å². The minimum Gasteiger partial charge on any atom is -0.369 e. The summed E-state index contributed by atoms with van der Waals surface area (Å²) in [6, 6.07) is 8.55. The van der Waals surface area contributed by atoms with Crippen LogP contribution in [0.1, 0.15) is 18.3 Å². The second kappa shape index (κ2) is 6.70. The molecule has 7 nitrogen and oxygen atoms in total. The van der Waals surface area contributed by atoms with E-state index in [1.54, 1.807) is 4.57 Å². The standard InChI is InChI=1S/C22H24N6O/c1-14-11-26(9-7-23-14)18-4-5-19-17(10-18)6-8-28(22(19)29)20-13-27-12-15(2)24-21(27)16(3)25-20/h4-6,8,10,12-14,23H,7,9,11H2,1-3H3. The molecule has 4 aromatic rings. The summed E-state index contributed by atoms with van der Waals surface area (Å²) in [5, 5.41) is 5.11. The number of fused-ring (bicyclic) bond motifs is 2. The third-order valence-electron chi connectivity index (χ3n) is 5.58. The van der Waals surface area contributed by atoms with Gasteiger partial charge in [-0.25, -0.2) is 9.97 Å². The molecule has 1 atom stereocenters. The van der Waals surface area contributed by atoms with E-state index >= 15 is 0 Å². The number of aromatic nitrogens is 4. The molecule has 0 amide bonds. The summed E-state index contributed by atoms with van der Waals surface area (Å²) in [6.07, 6.45) is 5.61. The van der Waals surface area contributed by atoms with Crippen LogP contribution in [0.4, 0.5) is 5.69 Å². The first-order valence-corrected chi connectivity index (χ1v) is 9.97. The fraction of sp³-hybridized carbons (Fsp3) is 0.318. The quantitative estimate of drug-likeness (QED) is 0.571. The van der Waals surface area contributed by atoms with E-state index in [-0.39, 0.29) is 5.56 Å². The van der Waals surface area contributed by atoms with Crippen LogP contribution < -0.4 is 15.8 Å². The van der Waals surface area contributed by atoms with Gasteiger partial charge in [-0.1, -0.05) is 0 Å². The molecule has 1 aliphatic rings. The highest BCUT2D eigenvalue weighted by molar-refractivity contribution is 5.85. The van der Waals surface area contributed by atoms with E-state index in [2.05, 4.69) is 33.2 Å². The van der Waals surface area contributed by atoms with Crippen LogP contribution in [0.3, 0.4) is 0 Å². The lowest BCUT2D eigenvalue weighted by molar-refractivity contribution is 0.485. The van der Waals surface area contributed by atoms with Crippen LogP contribution >= 0.6 is 0 Å².